The maximum absolute atomic E-state index is 13.2. The molecule has 0 unspecified atom stereocenters. The minimum atomic E-state index is -0.320. The van der Waals surface area contributed by atoms with Gasteiger partial charge in [-0.25, -0.2) is 4.39 Å². The number of nitrogens with zero attached hydrogens (tertiary/aromatic N) is 1. The highest BCUT2D eigenvalue weighted by Crippen LogP contribution is 2.40. The quantitative estimate of drug-likeness (QED) is 0.743. The SMILES string of the molecule is O=C(Nc1ccc(F)cc1)C1=C(N2CCCC2)c2cc(Cl)ccc2SCC1. The molecule has 2 aromatic carbocycles. The van der Waals surface area contributed by atoms with E-state index in [1.54, 1.807) is 23.9 Å². The number of hydrogen-bond donors (Lipinski definition) is 1. The number of carbonyl (C=O) groups is 1. The Balaban J connectivity index is 1.76. The van der Waals surface area contributed by atoms with Gasteiger partial charge in [-0.15, -0.1) is 11.8 Å². The predicted molar refractivity (Wildman–Crippen MR) is 110 cm³/mol. The van der Waals surface area contributed by atoms with Gasteiger partial charge >= 0.3 is 0 Å². The van der Waals surface area contributed by atoms with Gasteiger partial charge < -0.3 is 10.2 Å². The van der Waals surface area contributed by atoms with Gasteiger partial charge in [0.15, 0.2) is 0 Å². The van der Waals surface area contributed by atoms with Crippen LogP contribution in [0.2, 0.25) is 5.02 Å². The van der Waals surface area contributed by atoms with E-state index in [9.17, 15) is 9.18 Å². The molecule has 0 aliphatic carbocycles. The minimum Gasteiger partial charge on any atom is -0.371 e. The number of hydrogen-bond acceptors (Lipinski definition) is 3. The molecule has 0 atom stereocenters. The van der Waals surface area contributed by atoms with Crippen LogP contribution in [0.3, 0.4) is 0 Å². The van der Waals surface area contributed by atoms with Crippen LogP contribution in [0.5, 0.6) is 0 Å². The molecule has 1 fully saturated rings. The molecule has 140 valence electrons. The minimum absolute atomic E-state index is 0.128. The number of nitrogens with one attached hydrogen (secondary N) is 1. The van der Waals surface area contributed by atoms with Gasteiger partial charge in [0.05, 0.1) is 5.70 Å². The first kappa shape index (κ1) is 18.4. The van der Waals surface area contributed by atoms with Crippen molar-refractivity contribution in [1.82, 2.24) is 4.90 Å². The Morgan fingerprint density at radius 2 is 1.85 bits per heavy atom. The van der Waals surface area contributed by atoms with Gasteiger partial charge in [-0.3, -0.25) is 4.79 Å². The lowest BCUT2D eigenvalue weighted by atomic mass is 10.0. The molecule has 2 aromatic rings. The first-order chi connectivity index (χ1) is 13.1. The van der Waals surface area contributed by atoms with Crippen molar-refractivity contribution in [1.29, 1.82) is 0 Å². The third kappa shape index (κ3) is 3.99. The first-order valence-corrected chi connectivity index (χ1v) is 10.5. The Hall–Kier alpha value is -1.98. The molecule has 1 amide bonds. The van der Waals surface area contributed by atoms with E-state index in [2.05, 4.69) is 10.2 Å². The number of fused-ring (bicyclic) bond motifs is 1. The smallest absolute Gasteiger partial charge is 0.253 e. The lowest BCUT2D eigenvalue weighted by Crippen LogP contribution is -2.24. The number of halogens is 2. The summed E-state index contributed by atoms with van der Waals surface area (Å²) in [5.74, 6) is 0.384. The van der Waals surface area contributed by atoms with Crippen molar-refractivity contribution in [2.75, 3.05) is 24.2 Å². The summed E-state index contributed by atoms with van der Waals surface area (Å²) in [6.45, 7) is 1.89. The molecule has 2 heterocycles. The molecule has 4 rings (SSSR count). The summed E-state index contributed by atoms with van der Waals surface area (Å²) >= 11 is 8.04. The van der Waals surface area contributed by atoms with Crippen LogP contribution in [0.15, 0.2) is 52.9 Å². The molecule has 0 spiro atoms. The van der Waals surface area contributed by atoms with E-state index in [1.807, 2.05) is 18.2 Å². The summed E-state index contributed by atoms with van der Waals surface area (Å²) in [7, 11) is 0. The fourth-order valence-electron chi connectivity index (χ4n) is 3.62. The van der Waals surface area contributed by atoms with Crippen LogP contribution in [-0.4, -0.2) is 29.6 Å². The van der Waals surface area contributed by atoms with E-state index in [-0.39, 0.29) is 11.7 Å². The number of benzene rings is 2. The summed E-state index contributed by atoms with van der Waals surface area (Å²) < 4.78 is 13.2. The molecule has 0 bridgehead atoms. The van der Waals surface area contributed by atoms with Crippen molar-refractivity contribution in [3.63, 3.8) is 0 Å². The first-order valence-electron chi connectivity index (χ1n) is 9.09. The van der Waals surface area contributed by atoms with Crippen LogP contribution in [0.1, 0.15) is 24.8 Å². The van der Waals surface area contributed by atoms with Crippen molar-refractivity contribution < 1.29 is 9.18 Å². The van der Waals surface area contributed by atoms with Crippen LogP contribution in [0, 0.1) is 5.82 Å². The lowest BCUT2D eigenvalue weighted by molar-refractivity contribution is -0.112. The van der Waals surface area contributed by atoms with Gasteiger partial charge in [0.25, 0.3) is 5.91 Å². The Kier molecular flexibility index (Phi) is 5.41. The highest BCUT2D eigenvalue weighted by Gasteiger charge is 2.28. The van der Waals surface area contributed by atoms with Crippen molar-refractivity contribution in [2.45, 2.75) is 24.2 Å². The van der Waals surface area contributed by atoms with Gasteiger partial charge in [0, 0.05) is 45.6 Å². The fourth-order valence-corrected chi connectivity index (χ4v) is 4.79. The summed E-state index contributed by atoms with van der Waals surface area (Å²) in [5, 5.41) is 3.61. The fraction of sp³-hybridized carbons (Fsp3) is 0.286. The third-order valence-electron chi connectivity index (χ3n) is 4.89. The van der Waals surface area contributed by atoms with E-state index in [0.717, 1.165) is 53.4 Å². The Bertz CT molecular complexity index is 892. The monoisotopic (exact) mass is 402 g/mol. The Labute approximate surface area is 167 Å². The zero-order chi connectivity index (χ0) is 18.8. The van der Waals surface area contributed by atoms with Crippen LogP contribution in [-0.2, 0) is 4.79 Å². The van der Waals surface area contributed by atoms with Crippen LogP contribution in [0.25, 0.3) is 5.70 Å². The van der Waals surface area contributed by atoms with E-state index in [0.29, 0.717) is 17.1 Å². The molecule has 3 nitrogen and oxygen atoms in total. The lowest BCUT2D eigenvalue weighted by Gasteiger charge is -2.25. The maximum Gasteiger partial charge on any atom is 0.253 e. The molecule has 0 radical (unpaired) electrons. The summed E-state index contributed by atoms with van der Waals surface area (Å²) in [4.78, 5) is 16.6. The second-order valence-corrected chi connectivity index (χ2v) is 8.29. The average molecular weight is 403 g/mol. The van der Waals surface area contributed by atoms with E-state index >= 15 is 0 Å². The van der Waals surface area contributed by atoms with Crippen LogP contribution in [0.4, 0.5) is 10.1 Å². The van der Waals surface area contributed by atoms with E-state index in [1.165, 1.54) is 12.1 Å². The molecule has 27 heavy (non-hydrogen) atoms. The van der Waals surface area contributed by atoms with Gasteiger partial charge in [0.1, 0.15) is 5.82 Å². The average Bonchev–Trinajstić information content (AvgIpc) is 3.11. The van der Waals surface area contributed by atoms with Gasteiger partial charge in [-0.2, -0.15) is 0 Å². The Morgan fingerprint density at radius 3 is 2.59 bits per heavy atom. The Morgan fingerprint density at radius 1 is 1.11 bits per heavy atom. The molecule has 2 aliphatic rings. The molecular weight excluding hydrogens is 383 g/mol. The molecule has 1 saturated heterocycles. The number of rotatable bonds is 3. The van der Waals surface area contributed by atoms with Crippen molar-refractivity contribution in [2.24, 2.45) is 0 Å². The summed E-state index contributed by atoms with van der Waals surface area (Å²) in [5.41, 5.74) is 3.40. The highest BCUT2D eigenvalue weighted by molar-refractivity contribution is 7.99. The number of amides is 1. The second kappa shape index (κ2) is 7.95. The molecule has 6 heteroatoms. The topological polar surface area (TPSA) is 32.3 Å². The third-order valence-corrected chi connectivity index (χ3v) is 6.20. The van der Waals surface area contributed by atoms with Gasteiger partial charge in [-0.1, -0.05) is 11.6 Å². The largest absolute Gasteiger partial charge is 0.371 e. The molecule has 0 saturated carbocycles. The normalized spacial score (nSPS) is 16.9. The van der Waals surface area contributed by atoms with Crippen molar-refractivity contribution in [3.05, 3.63) is 64.4 Å². The molecular formula is C21H20ClFN2OS. The van der Waals surface area contributed by atoms with Crippen LogP contribution < -0.4 is 5.32 Å². The zero-order valence-corrected chi connectivity index (χ0v) is 16.4. The number of carbonyl (C=O) groups excluding carboxylic acids is 1. The standard InChI is InChI=1S/C21H20ClFN2OS/c22-14-3-8-19-18(13-14)20(25-10-1-2-11-25)17(9-12-27-19)21(26)24-16-6-4-15(23)5-7-16/h3-8,13H,1-2,9-12H2,(H,24,26). The molecule has 1 N–H and O–H groups in total. The number of anilines is 1. The van der Waals surface area contributed by atoms with Crippen molar-refractivity contribution in [3.8, 4) is 0 Å². The zero-order valence-electron chi connectivity index (χ0n) is 14.8. The van der Waals surface area contributed by atoms with Gasteiger partial charge in [0.2, 0.25) is 0 Å². The summed E-state index contributed by atoms with van der Waals surface area (Å²) in [6.07, 6.45) is 2.93. The van der Waals surface area contributed by atoms with Crippen molar-refractivity contribution >= 4 is 40.7 Å². The molecule has 0 aromatic heterocycles. The predicted octanol–water partition coefficient (Wildman–Crippen LogP) is 5.42. The summed E-state index contributed by atoms with van der Waals surface area (Å²) in [6, 6.07) is 11.8. The van der Waals surface area contributed by atoms with E-state index < -0.39 is 0 Å². The second-order valence-electron chi connectivity index (χ2n) is 6.72. The maximum atomic E-state index is 13.2. The highest BCUT2D eigenvalue weighted by atomic mass is 35.5. The van der Waals surface area contributed by atoms with E-state index in [4.69, 9.17) is 11.6 Å². The van der Waals surface area contributed by atoms with Crippen LogP contribution >= 0.6 is 23.4 Å². The van der Waals surface area contributed by atoms with Gasteiger partial charge in [-0.05, 0) is 61.7 Å². The number of likely N-dealkylation sites (tertiary alicyclic amines) is 1. The molecule has 2 aliphatic heterocycles. The number of thioether (sulfide) groups is 1.